The molecule has 212 valence electrons. The lowest BCUT2D eigenvalue weighted by molar-refractivity contribution is -0.140. The number of nitrogens with zero attached hydrogens (tertiary/aromatic N) is 2. The maximum atomic E-state index is 14.3. The Morgan fingerprint density at radius 3 is 1.73 bits per heavy atom. The van der Waals surface area contributed by atoms with E-state index in [0.29, 0.717) is 5.69 Å². The summed E-state index contributed by atoms with van der Waals surface area (Å²) in [6.45, 7) is 3.39. The average molecular weight is 570 g/mol. The summed E-state index contributed by atoms with van der Waals surface area (Å²) in [5.74, 6) is -0.789. The van der Waals surface area contributed by atoms with Gasteiger partial charge in [0.2, 0.25) is 11.8 Å². The van der Waals surface area contributed by atoms with Crippen LogP contribution in [0.1, 0.15) is 25.0 Å². The van der Waals surface area contributed by atoms with Gasteiger partial charge in [0.1, 0.15) is 12.6 Å². The first-order valence-corrected chi connectivity index (χ1v) is 15.0. The van der Waals surface area contributed by atoms with Crippen LogP contribution < -0.4 is 9.62 Å². The first-order chi connectivity index (χ1) is 19.8. The zero-order valence-electron chi connectivity index (χ0n) is 23.3. The van der Waals surface area contributed by atoms with Gasteiger partial charge in [-0.05, 0) is 49.2 Å². The van der Waals surface area contributed by atoms with Crippen LogP contribution in [0.4, 0.5) is 5.69 Å². The number of sulfonamides is 1. The van der Waals surface area contributed by atoms with E-state index in [9.17, 15) is 18.0 Å². The van der Waals surface area contributed by atoms with Crippen LogP contribution in [0.2, 0.25) is 0 Å². The molecule has 7 nitrogen and oxygen atoms in total. The zero-order valence-corrected chi connectivity index (χ0v) is 24.1. The van der Waals surface area contributed by atoms with Crippen LogP contribution >= 0.6 is 0 Å². The summed E-state index contributed by atoms with van der Waals surface area (Å²) in [6, 6.07) is 34.5. The number of para-hydroxylation sites is 1. The van der Waals surface area contributed by atoms with Crippen molar-refractivity contribution in [3.8, 4) is 0 Å². The molecule has 4 aromatic rings. The Morgan fingerprint density at radius 1 is 0.707 bits per heavy atom. The molecule has 1 atom stereocenters. The van der Waals surface area contributed by atoms with E-state index in [0.717, 1.165) is 15.4 Å². The van der Waals surface area contributed by atoms with Gasteiger partial charge in [0, 0.05) is 19.0 Å². The van der Waals surface area contributed by atoms with Crippen molar-refractivity contribution in [2.45, 2.75) is 43.8 Å². The molecule has 1 N–H and O–H groups in total. The first kappa shape index (κ1) is 29.6. The monoisotopic (exact) mass is 569 g/mol. The van der Waals surface area contributed by atoms with Crippen LogP contribution in [-0.4, -0.2) is 43.8 Å². The summed E-state index contributed by atoms with van der Waals surface area (Å²) in [4.78, 5) is 29.5. The van der Waals surface area contributed by atoms with E-state index in [1.54, 1.807) is 48.5 Å². The molecule has 8 heteroatoms. The third kappa shape index (κ3) is 7.83. The SMILES string of the molecule is CC(C)NC(=O)[C@H](Cc1ccccc1)N(Cc1ccccc1)C(=O)CN(c1ccccc1)S(=O)(=O)c1ccccc1. The van der Waals surface area contributed by atoms with Crippen LogP contribution in [0.5, 0.6) is 0 Å². The van der Waals surface area contributed by atoms with E-state index < -0.39 is 28.5 Å². The van der Waals surface area contributed by atoms with Gasteiger partial charge >= 0.3 is 0 Å². The second kappa shape index (κ2) is 13.8. The van der Waals surface area contributed by atoms with Crippen molar-refractivity contribution in [3.05, 3.63) is 132 Å². The number of carbonyl (C=O) groups excluding carboxylic acids is 2. The predicted molar refractivity (Wildman–Crippen MR) is 162 cm³/mol. The Labute approximate surface area is 242 Å². The topological polar surface area (TPSA) is 86.8 Å². The van der Waals surface area contributed by atoms with E-state index in [1.807, 2.05) is 74.5 Å². The summed E-state index contributed by atoms with van der Waals surface area (Å²) >= 11 is 0. The van der Waals surface area contributed by atoms with Crippen molar-refractivity contribution in [2.24, 2.45) is 0 Å². The van der Waals surface area contributed by atoms with Gasteiger partial charge in [0.25, 0.3) is 10.0 Å². The number of nitrogens with one attached hydrogen (secondary N) is 1. The highest BCUT2D eigenvalue weighted by Crippen LogP contribution is 2.24. The molecule has 0 bridgehead atoms. The molecule has 0 aliphatic heterocycles. The van der Waals surface area contributed by atoms with Gasteiger partial charge in [-0.3, -0.25) is 13.9 Å². The Kier molecular flexibility index (Phi) is 9.92. The molecule has 4 aromatic carbocycles. The van der Waals surface area contributed by atoms with Gasteiger partial charge in [-0.25, -0.2) is 8.42 Å². The number of hydrogen-bond donors (Lipinski definition) is 1. The molecule has 0 fully saturated rings. The third-order valence-corrected chi connectivity index (χ3v) is 8.34. The molecule has 0 aromatic heterocycles. The van der Waals surface area contributed by atoms with Crippen molar-refractivity contribution in [1.82, 2.24) is 10.2 Å². The maximum Gasteiger partial charge on any atom is 0.264 e. The quantitative estimate of drug-likeness (QED) is 0.259. The number of rotatable bonds is 12. The minimum Gasteiger partial charge on any atom is -0.352 e. The molecule has 0 aliphatic rings. The molecule has 0 aliphatic carbocycles. The predicted octanol–water partition coefficient (Wildman–Crippen LogP) is 5.05. The van der Waals surface area contributed by atoms with Crippen LogP contribution in [0.3, 0.4) is 0 Å². The molecule has 0 unspecified atom stereocenters. The van der Waals surface area contributed by atoms with Crippen molar-refractivity contribution in [2.75, 3.05) is 10.8 Å². The van der Waals surface area contributed by atoms with Crippen molar-refractivity contribution in [1.29, 1.82) is 0 Å². The van der Waals surface area contributed by atoms with Crippen LogP contribution in [0.15, 0.2) is 126 Å². The lowest BCUT2D eigenvalue weighted by Gasteiger charge is -2.34. The number of hydrogen-bond acceptors (Lipinski definition) is 4. The lowest BCUT2D eigenvalue weighted by atomic mass is 10.0. The Balaban J connectivity index is 1.77. The van der Waals surface area contributed by atoms with Gasteiger partial charge in [-0.2, -0.15) is 0 Å². The van der Waals surface area contributed by atoms with Gasteiger partial charge in [-0.15, -0.1) is 0 Å². The lowest BCUT2D eigenvalue weighted by Crippen LogP contribution is -2.54. The maximum absolute atomic E-state index is 14.3. The Bertz CT molecular complexity index is 1510. The fourth-order valence-electron chi connectivity index (χ4n) is 4.56. The van der Waals surface area contributed by atoms with E-state index in [4.69, 9.17) is 0 Å². The molecular weight excluding hydrogens is 534 g/mol. The fraction of sp³-hybridized carbons (Fsp3) is 0.212. The highest BCUT2D eigenvalue weighted by atomic mass is 32.2. The van der Waals surface area contributed by atoms with E-state index in [-0.39, 0.29) is 29.8 Å². The van der Waals surface area contributed by atoms with E-state index in [2.05, 4.69) is 5.32 Å². The van der Waals surface area contributed by atoms with Crippen LogP contribution in [0, 0.1) is 0 Å². The van der Waals surface area contributed by atoms with Crippen molar-refractivity contribution in [3.63, 3.8) is 0 Å². The molecular formula is C33H35N3O4S. The molecule has 4 rings (SSSR count). The standard InChI is InChI=1S/C33H35N3O4S/c1-26(2)34-33(38)31(23-27-15-7-3-8-16-27)35(24-28-17-9-4-10-18-28)32(37)25-36(29-19-11-5-12-20-29)41(39,40)30-21-13-6-14-22-30/h3-22,26,31H,23-25H2,1-2H3,(H,34,38)/t31-/m0/s1. The van der Waals surface area contributed by atoms with Gasteiger partial charge in [-0.1, -0.05) is 97.1 Å². The van der Waals surface area contributed by atoms with E-state index in [1.165, 1.54) is 17.0 Å². The highest BCUT2D eigenvalue weighted by molar-refractivity contribution is 7.92. The zero-order chi connectivity index (χ0) is 29.2. The second-order valence-electron chi connectivity index (χ2n) is 10.0. The van der Waals surface area contributed by atoms with Gasteiger partial charge in [0.15, 0.2) is 0 Å². The summed E-state index contributed by atoms with van der Waals surface area (Å²) in [7, 11) is -4.09. The Hall–Kier alpha value is -4.43. The summed E-state index contributed by atoms with van der Waals surface area (Å²) in [5, 5.41) is 2.96. The number of carbonyl (C=O) groups is 2. The molecule has 0 heterocycles. The Morgan fingerprint density at radius 2 is 1.20 bits per heavy atom. The van der Waals surface area contributed by atoms with Crippen LogP contribution in [0.25, 0.3) is 0 Å². The molecule has 0 saturated carbocycles. The van der Waals surface area contributed by atoms with Crippen molar-refractivity contribution >= 4 is 27.5 Å². The van der Waals surface area contributed by atoms with E-state index >= 15 is 0 Å². The average Bonchev–Trinajstić information content (AvgIpc) is 2.99. The minimum atomic E-state index is -4.09. The second-order valence-corrected chi connectivity index (χ2v) is 11.9. The normalized spacial score (nSPS) is 12.0. The number of anilines is 1. The molecule has 0 radical (unpaired) electrons. The third-order valence-electron chi connectivity index (χ3n) is 6.55. The molecule has 41 heavy (non-hydrogen) atoms. The number of amides is 2. The molecule has 0 spiro atoms. The van der Waals surface area contributed by atoms with Gasteiger partial charge < -0.3 is 10.2 Å². The fourth-order valence-corrected chi connectivity index (χ4v) is 5.99. The van der Waals surface area contributed by atoms with Gasteiger partial charge in [0.05, 0.1) is 10.6 Å². The first-order valence-electron chi connectivity index (χ1n) is 13.6. The van der Waals surface area contributed by atoms with Crippen LogP contribution in [-0.2, 0) is 32.6 Å². The minimum absolute atomic E-state index is 0.0737. The summed E-state index contributed by atoms with van der Waals surface area (Å²) in [6.07, 6.45) is 0.273. The number of benzene rings is 4. The smallest absolute Gasteiger partial charge is 0.264 e. The molecule has 0 saturated heterocycles. The molecule has 2 amide bonds. The van der Waals surface area contributed by atoms with Crippen molar-refractivity contribution < 1.29 is 18.0 Å². The summed E-state index contributed by atoms with van der Waals surface area (Å²) in [5.41, 5.74) is 2.07. The summed E-state index contributed by atoms with van der Waals surface area (Å²) < 4.78 is 28.8. The highest BCUT2D eigenvalue weighted by Gasteiger charge is 2.34. The largest absolute Gasteiger partial charge is 0.352 e.